The van der Waals surface area contributed by atoms with Gasteiger partial charge in [0.15, 0.2) is 0 Å². The summed E-state index contributed by atoms with van der Waals surface area (Å²) in [6.45, 7) is 2.94. The molecule has 0 atom stereocenters. The second-order valence-corrected chi connectivity index (χ2v) is 3.97. The topological polar surface area (TPSA) is 37.8 Å². The summed E-state index contributed by atoms with van der Waals surface area (Å²) in [5.41, 5.74) is 1.33. The standard InChI is InChI=1S/C10H11N3S/c1-8-2-5-14-9(8)6-13-10-7-11-3-4-12-10/h2-5,7H,6H2,1H3,(H,12,13). The van der Waals surface area contributed by atoms with Crippen LogP contribution in [0.1, 0.15) is 10.4 Å². The van der Waals surface area contributed by atoms with E-state index in [2.05, 4.69) is 33.7 Å². The first-order valence-corrected chi connectivity index (χ1v) is 5.27. The average molecular weight is 205 g/mol. The molecule has 0 fully saturated rings. The maximum atomic E-state index is 4.14. The first-order chi connectivity index (χ1) is 6.86. The average Bonchev–Trinajstić information content (AvgIpc) is 2.63. The summed E-state index contributed by atoms with van der Waals surface area (Å²) in [5, 5.41) is 5.32. The smallest absolute Gasteiger partial charge is 0.144 e. The van der Waals surface area contributed by atoms with Crippen LogP contribution in [0.2, 0.25) is 0 Å². The van der Waals surface area contributed by atoms with Crippen molar-refractivity contribution in [2.75, 3.05) is 5.32 Å². The van der Waals surface area contributed by atoms with Gasteiger partial charge in [-0.2, -0.15) is 0 Å². The quantitative estimate of drug-likeness (QED) is 0.836. The Morgan fingerprint density at radius 1 is 1.43 bits per heavy atom. The van der Waals surface area contributed by atoms with Gasteiger partial charge in [0.25, 0.3) is 0 Å². The van der Waals surface area contributed by atoms with Gasteiger partial charge in [-0.25, -0.2) is 4.98 Å². The van der Waals surface area contributed by atoms with Crippen molar-refractivity contribution in [3.05, 3.63) is 40.5 Å². The molecule has 14 heavy (non-hydrogen) atoms. The highest BCUT2D eigenvalue weighted by molar-refractivity contribution is 7.10. The van der Waals surface area contributed by atoms with Gasteiger partial charge in [0.05, 0.1) is 12.7 Å². The van der Waals surface area contributed by atoms with Gasteiger partial charge < -0.3 is 5.32 Å². The van der Waals surface area contributed by atoms with Crippen molar-refractivity contribution in [2.45, 2.75) is 13.5 Å². The van der Waals surface area contributed by atoms with Crippen molar-refractivity contribution < 1.29 is 0 Å². The van der Waals surface area contributed by atoms with Gasteiger partial charge in [0, 0.05) is 17.3 Å². The number of thiophene rings is 1. The maximum Gasteiger partial charge on any atom is 0.144 e. The lowest BCUT2D eigenvalue weighted by molar-refractivity contribution is 1.10. The minimum Gasteiger partial charge on any atom is -0.364 e. The van der Waals surface area contributed by atoms with Crippen LogP contribution < -0.4 is 5.32 Å². The Balaban J connectivity index is 1.99. The molecular weight excluding hydrogens is 194 g/mol. The van der Waals surface area contributed by atoms with E-state index >= 15 is 0 Å². The van der Waals surface area contributed by atoms with E-state index in [9.17, 15) is 0 Å². The molecule has 0 saturated heterocycles. The van der Waals surface area contributed by atoms with Gasteiger partial charge in [0.1, 0.15) is 5.82 Å². The summed E-state index contributed by atoms with van der Waals surface area (Å²) in [4.78, 5) is 9.47. The van der Waals surface area contributed by atoms with Crippen LogP contribution in [-0.2, 0) is 6.54 Å². The molecule has 0 saturated carbocycles. The lowest BCUT2D eigenvalue weighted by atomic mass is 10.3. The van der Waals surface area contributed by atoms with Crippen LogP contribution in [0, 0.1) is 6.92 Å². The summed E-state index contributed by atoms with van der Waals surface area (Å²) in [6, 6.07) is 2.12. The Labute approximate surface area is 86.8 Å². The zero-order chi connectivity index (χ0) is 9.80. The van der Waals surface area contributed by atoms with Gasteiger partial charge in [-0.3, -0.25) is 4.98 Å². The minimum atomic E-state index is 0.820. The molecule has 3 nitrogen and oxygen atoms in total. The van der Waals surface area contributed by atoms with E-state index in [-0.39, 0.29) is 0 Å². The van der Waals surface area contributed by atoms with Crippen LogP contribution in [0.4, 0.5) is 5.82 Å². The fraction of sp³-hybridized carbons (Fsp3) is 0.200. The number of hydrogen-bond donors (Lipinski definition) is 1. The number of anilines is 1. The Bertz CT molecular complexity index is 397. The fourth-order valence-corrected chi connectivity index (χ4v) is 1.99. The van der Waals surface area contributed by atoms with Crippen molar-refractivity contribution in [1.29, 1.82) is 0 Å². The normalized spacial score (nSPS) is 10.1. The van der Waals surface area contributed by atoms with Crippen LogP contribution in [0.15, 0.2) is 30.0 Å². The van der Waals surface area contributed by atoms with Gasteiger partial charge in [-0.1, -0.05) is 0 Å². The summed E-state index contributed by atoms with van der Waals surface area (Å²) >= 11 is 1.76. The molecule has 0 radical (unpaired) electrons. The van der Waals surface area contributed by atoms with Crippen LogP contribution in [0.25, 0.3) is 0 Å². The van der Waals surface area contributed by atoms with Gasteiger partial charge in [0.2, 0.25) is 0 Å². The molecule has 0 spiro atoms. The number of nitrogens with zero attached hydrogens (tertiary/aromatic N) is 2. The zero-order valence-electron chi connectivity index (χ0n) is 7.90. The lowest BCUT2D eigenvalue weighted by Crippen LogP contribution is -2.00. The molecule has 2 rings (SSSR count). The zero-order valence-corrected chi connectivity index (χ0v) is 8.71. The molecule has 0 aliphatic rings. The number of aryl methyl sites for hydroxylation is 1. The first-order valence-electron chi connectivity index (χ1n) is 4.39. The predicted molar refractivity (Wildman–Crippen MR) is 58.4 cm³/mol. The van der Waals surface area contributed by atoms with Crippen molar-refractivity contribution >= 4 is 17.2 Å². The molecule has 0 aliphatic carbocycles. The Morgan fingerprint density at radius 2 is 2.36 bits per heavy atom. The number of rotatable bonds is 3. The summed E-state index contributed by atoms with van der Waals surface area (Å²) in [5.74, 6) is 0.820. The Hall–Kier alpha value is -1.42. The fourth-order valence-electron chi connectivity index (χ4n) is 1.15. The van der Waals surface area contributed by atoms with Gasteiger partial charge in [-0.05, 0) is 23.9 Å². The SMILES string of the molecule is Cc1ccsc1CNc1cnccn1. The molecule has 2 heterocycles. The van der Waals surface area contributed by atoms with E-state index in [1.54, 1.807) is 29.9 Å². The van der Waals surface area contributed by atoms with E-state index in [0.717, 1.165) is 12.4 Å². The molecule has 0 amide bonds. The molecule has 2 aromatic rings. The lowest BCUT2D eigenvalue weighted by Gasteiger charge is -2.03. The molecule has 0 bridgehead atoms. The van der Waals surface area contributed by atoms with Gasteiger partial charge >= 0.3 is 0 Å². The molecule has 0 unspecified atom stereocenters. The minimum absolute atomic E-state index is 0.820. The highest BCUT2D eigenvalue weighted by Gasteiger charge is 1.99. The van der Waals surface area contributed by atoms with Crippen molar-refractivity contribution in [2.24, 2.45) is 0 Å². The summed E-state index contributed by atoms with van der Waals surface area (Å²) in [7, 11) is 0. The van der Waals surface area contributed by atoms with Crippen LogP contribution >= 0.6 is 11.3 Å². The molecule has 0 aromatic carbocycles. The van der Waals surface area contributed by atoms with Gasteiger partial charge in [-0.15, -0.1) is 11.3 Å². The highest BCUT2D eigenvalue weighted by Crippen LogP contribution is 2.16. The molecule has 4 heteroatoms. The van der Waals surface area contributed by atoms with E-state index in [1.807, 2.05) is 0 Å². The highest BCUT2D eigenvalue weighted by atomic mass is 32.1. The number of hydrogen-bond acceptors (Lipinski definition) is 4. The Morgan fingerprint density at radius 3 is 3.00 bits per heavy atom. The third kappa shape index (κ3) is 2.09. The number of nitrogens with one attached hydrogen (secondary N) is 1. The summed E-state index contributed by atoms with van der Waals surface area (Å²) in [6.07, 6.45) is 5.08. The molecule has 1 N–H and O–H groups in total. The van der Waals surface area contributed by atoms with Crippen LogP contribution in [0.5, 0.6) is 0 Å². The first kappa shape index (κ1) is 9.15. The second-order valence-electron chi connectivity index (χ2n) is 2.97. The van der Waals surface area contributed by atoms with Crippen molar-refractivity contribution in [1.82, 2.24) is 9.97 Å². The molecule has 0 aliphatic heterocycles. The molecule has 72 valence electrons. The van der Waals surface area contributed by atoms with Crippen LogP contribution in [0.3, 0.4) is 0 Å². The Kier molecular flexibility index (Phi) is 2.74. The van der Waals surface area contributed by atoms with Crippen molar-refractivity contribution in [3.8, 4) is 0 Å². The van der Waals surface area contributed by atoms with E-state index in [0.29, 0.717) is 0 Å². The largest absolute Gasteiger partial charge is 0.364 e. The summed E-state index contributed by atoms with van der Waals surface area (Å²) < 4.78 is 0. The van der Waals surface area contributed by atoms with E-state index in [4.69, 9.17) is 0 Å². The maximum absolute atomic E-state index is 4.14. The predicted octanol–water partition coefficient (Wildman–Crippen LogP) is 2.46. The monoisotopic (exact) mass is 205 g/mol. The molecular formula is C10H11N3S. The molecule has 2 aromatic heterocycles. The second kappa shape index (κ2) is 4.19. The van der Waals surface area contributed by atoms with Crippen molar-refractivity contribution in [3.63, 3.8) is 0 Å². The van der Waals surface area contributed by atoms with E-state index in [1.165, 1.54) is 10.4 Å². The number of aromatic nitrogens is 2. The van der Waals surface area contributed by atoms with E-state index < -0.39 is 0 Å². The third-order valence-electron chi connectivity index (χ3n) is 1.96. The third-order valence-corrected chi connectivity index (χ3v) is 2.98. The van der Waals surface area contributed by atoms with Crippen LogP contribution in [-0.4, -0.2) is 9.97 Å².